The Kier molecular flexibility index (Phi) is 4.07. The van der Waals surface area contributed by atoms with Crippen LogP contribution >= 0.6 is 15.9 Å². The molecular weight excluding hydrogens is 332 g/mol. The molecule has 0 unspecified atom stereocenters. The van der Waals surface area contributed by atoms with Crippen LogP contribution in [0.4, 0.5) is 5.69 Å². The van der Waals surface area contributed by atoms with Crippen molar-refractivity contribution in [1.82, 2.24) is 14.7 Å². The van der Waals surface area contributed by atoms with Crippen LogP contribution in [0.25, 0.3) is 0 Å². The zero-order chi connectivity index (χ0) is 14.8. The number of carbonyl (C=O) groups excluding carboxylic acids is 1. The van der Waals surface area contributed by atoms with E-state index in [0.29, 0.717) is 0 Å². The normalized spacial score (nSPS) is 14.8. The molecule has 0 saturated heterocycles. The number of halogens is 1. The van der Waals surface area contributed by atoms with E-state index < -0.39 is 0 Å². The summed E-state index contributed by atoms with van der Waals surface area (Å²) in [5.74, 6) is -0.0211. The van der Waals surface area contributed by atoms with Crippen molar-refractivity contribution in [3.63, 3.8) is 0 Å². The Hall–Kier alpha value is -1.66. The Morgan fingerprint density at radius 2 is 2.33 bits per heavy atom. The van der Waals surface area contributed by atoms with Gasteiger partial charge in [0.15, 0.2) is 0 Å². The molecule has 1 N–H and O–H groups in total. The van der Waals surface area contributed by atoms with E-state index in [1.54, 1.807) is 13.1 Å². The van der Waals surface area contributed by atoms with Crippen molar-refractivity contribution in [1.29, 1.82) is 0 Å². The second-order valence-electron chi connectivity index (χ2n) is 5.27. The average molecular weight is 349 g/mol. The van der Waals surface area contributed by atoms with Gasteiger partial charge in [-0.1, -0.05) is 12.1 Å². The molecule has 0 saturated carbocycles. The Morgan fingerprint density at radius 1 is 1.48 bits per heavy atom. The van der Waals surface area contributed by atoms with Gasteiger partial charge in [0.05, 0.1) is 17.3 Å². The van der Waals surface area contributed by atoms with Gasteiger partial charge in [0.2, 0.25) is 5.91 Å². The summed E-state index contributed by atoms with van der Waals surface area (Å²) in [6, 6.07) is 6.10. The van der Waals surface area contributed by atoms with E-state index in [1.807, 2.05) is 23.0 Å². The molecule has 1 amide bonds. The SMILES string of the molecule is CC(=O)Nc1cccc2c1CCN(Cn1cc(Br)cn1)C2. The van der Waals surface area contributed by atoms with E-state index in [-0.39, 0.29) is 5.91 Å². The zero-order valence-electron chi connectivity index (χ0n) is 11.8. The Labute approximate surface area is 132 Å². The maximum atomic E-state index is 11.3. The van der Waals surface area contributed by atoms with Crippen molar-refractivity contribution in [2.45, 2.75) is 26.6 Å². The molecular formula is C15H17BrN4O. The van der Waals surface area contributed by atoms with Gasteiger partial charge in [0, 0.05) is 31.9 Å². The molecule has 1 aromatic carbocycles. The molecule has 110 valence electrons. The number of aromatic nitrogens is 2. The standard InChI is InChI=1S/C15H17BrN4O/c1-11(21)18-15-4-2-3-12-8-19(6-5-14(12)15)10-20-9-13(16)7-17-20/h2-4,7,9H,5-6,8,10H2,1H3,(H,18,21). The Morgan fingerprint density at radius 3 is 3.05 bits per heavy atom. The Bertz CT molecular complexity index is 667. The lowest BCUT2D eigenvalue weighted by atomic mass is 9.98. The van der Waals surface area contributed by atoms with Gasteiger partial charge in [-0.15, -0.1) is 0 Å². The van der Waals surface area contributed by atoms with Gasteiger partial charge < -0.3 is 5.32 Å². The van der Waals surface area contributed by atoms with Gasteiger partial charge in [0.25, 0.3) is 0 Å². The first-order valence-corrected chi connectivity index (χ1v) is 7.70. The molecule has 1 aliphatic heterocycles. The highest BCUT2D eigenvalue weighted by Crippen LogP contribution is 2.26. The molecule has 0 spiro atoms. The van der Waals surface area contributed by atoms with Crippen LogP contribution in [0.1, 0.15) is 18.1 Å². The summed E-state index contributed by atoms with van der Waals surface area (Å²) in [6.07, 6.45) is 4.71. The number of amides is 1. The van der Waals surface area contributed by atoms with Crippen LogP contribution in [0.2, 0.25) is 0 Å². The maximum absolute atomic E-state index is 11.3. The molecule has 0 radical (unpaired) electrons. The summed E-state index contributed by atoms with van der Waals surface area (Å²) in [4.78, 5) is 13.6. The molecule has 0 atom stereocenters. The van der Waals surface area contributed by atoms with Crippen molar-refractivity contribution in [2.24, 2.45) is 0 Å². The highest BCUT2D eigenvalue weighted by molar-refractivity contribution is 9.10. The summed E-state index contributed by atoms with van der Waals surface area (Å²) >= 11 is 3.41. The van der Waals surface area contributed by atoms with E-state index in [2.05, 4.69) is 37.3 Å². The number of nitrogens with zero attached hydrogens (tertiary/aromatic N) is 3. The van der Waals surface area contributed by atoms with Gasteiger partial charge in [-0.05, 0) is 39.5 Å². The molecule has 1 aliphatic rings. The van der Waals surface area contributed by atoms with Crippen LogP contribution in [0.15, 0.2) is 35.1 Å². The number of anilines is 1. The minimum Gasteiger partial charge on any atom is -0.326 e. The molecule has 5 nitrogen and oxygen atoms in total. The van der Waals surface area contributed by atoms with Crippen molar-refractivity contribution < 1.29 is 4.79 Å². The van der Waals surface area contributed by atoms with Gasteiger partial charge in [0.1, 0.15) is 0 Å². The first kappa shape index (κ1) is 14.3. The molecule has 0 bridgehead atoms. The molecule has 2 aromatic rings. The lowest BCUT2D eigenvalue weighted by molar-refractivity contribution is -0.114. The largest absolute Gasteiger partial charge is 0.326 e. The van der Waals surface area contributed by atoms with Gasteiger partial charge in [-0.2, -0.15) is 5.10 Å². The van der Waals surface area contributed by atoms with Gasteiger partial charge in [-0.3, -0.25) is 14.4 Å². The second kappa shape index (κ2) is 5.99. The third-order valence-electron chi connectivity index (χ3n) is 3.60. The fourth-order valence-electron chi connectivity index (χ4n) is 2.72. The molecule has 1 aromatic heterocycles. The van der Waals surface area contributed by atoms with Crippen LogP contribution in [0.5, 0.6) is 0 Å². The lowest BCUT2D eigenvalue weighted by Crippen LogP contribution is -2.33. The van der Waals surface area contributed by atoms with Gasteiger partial charge in [-0.25, -0.2) is 0 Å². The van der Waals surface area contributed by atoms with E-state index in [1.165, 1.54) is 11.1 Å². The van der Waals surface area contributed by atoms with Crippen LogP contribution in [-0.2, 0) is 24.4 Å². The fourth-order valence-corrected chi connectivity index (χ4v) is 3.04. The second-order valence-corrected chi connectivity index (χ2v) is 6.18. The molecule has 2 heterocycles. The van der Waals surface area contributed by atoms with Crippen LogP contribution < -0.4 is 5.32 Å². The maximum Gasteiger partial charge on any atom is 0.221 e. The predicted molar refractivity (Wildman–Crippen MR) is 84.8 cm³/mol. The molecule has 0 aliphatic carbocycles. The monoisotopic (exact) mass is 348 g/mol. The van der Waals surface area contributed by atoms with E-state index in [4.69, 9.17) is 0 Å². The van der Waals surface area contributed by atoms with E-state index >= 15 is 0 Å². The average Bonchev–Trinajstić information content (AvgIpc) is 2.83. The van der Waals surface area contributed by atoms with Crippen LogP contribution in [0, 0.1) is 0 Å². The van der Waals surface area contributed by atoms with Gasteiger partial charge >= 0.3 is 0 Å². The van der Waals surface area contributed by atoms with Crippen molar-refractivity contribution in [3.05, 3.63) is 46.2 Å². The number of nitrogens with one attached hydrogen (secondary N) is 1. The topological polar surface area (TPSA) is 50.2 Å². The van der Waals surface area contributed by atoms with Crippen molar-refractivity contribution in [2.75, 3.05) is 11.9 Å². The predicted octanol–water partition coefficient (Wildman–Crippen LogP) is 2.62. The first-order chi connectivity index (χ1) is 10.1. The summed E-state index contributed by atoms with van der Waals surface area (Å²) < 4.78 is 2.92. The first-order valence-electron chi connectivity index (χ1n) is 6.90. The van der Waals surface area contributed by atoms with Crippen molar-refractivity contribution >= 4 is 27.5 Å². The Balaban J connectivity index is 1.75. The highest BCUT2D eigenvalue weighted by atomic mass is 79.9. The number of benzene rings is 1. The van der Waals surface area contributed by atoms with Crippen LogP contribution in [-0.4, -0.2) is 27.1 Å². The number of rotatable bonds is 3. The fraction of sp³-hybridized carbons (Fsp3) is 0.333. The minimum atomic E-state index is -0.0211. The van der Waals surface area contributed by atoms with Crippen molar-refractivity contribution in [3.8, 4) is 0 Å². The quantitative estimate of drug-likeness (QED) is 0.927. The zero-order valence-corrected chi connectivity index (χ0v) is 13.4. The third-order valence-corrected chi connectivity index (χ3v) is 4.01. The molecule has 21 heavy (non-hydrogen) atoms. The smallest absolute Gasteiger partial charge is 0.221 e. The summed E-state index contributed by atoms with van der Waals surface area (Å²) in [6.45, 7) is 4.15. The van der Waals surface area contributed by atoms with Crippen LogP contribution in [0.3, 0.4) is 0 Å². The number of hydrogen-bond donors (Lipinski definition) is 1. The lowest BCUT2D eigenvalue weighted by Gasteiger charge is -2.29. The third kappa shape index (κ3) is 3.33. The summed E-state index contributed by atoms with van der Waals surface area (Å²) in [5.41, 5.74) is 3.48. The van der Waals surface area contributed by atoms with E-state index in [0.717, 1.165) is 36.3 Å². The highest BCUT2D eigenvalue weighted by Gasteiger charge is 2.19. The molecule has 6 heteroatoms. The summed E-state index contributed by atoms with van der Waals surface area (Å²) in [7, 11) is 0. The number of carbonyl (C=O) groups is 1. The number of fused-ring (bicyclic) bond motifs is 1. The minimum absolute atomic E-state index is 0.0211. The number of hydrogen-bond acceptors (Lipinski definition) is 3. The van der Waals surface area contributed by atoms with E-state index in [9.17, 15) is 4.79 Å². The summed E-state index contributed by atoms with van der Waals surface area (Å²) in [5, 5.41) is 7.21. The molecule has 0 fully saturated rings. The molecule has 3 rings (SSSR count).